The fraction of sp³-hybridized carbons (Fsp3) is 0.538. The molecule has 0 aromatic carbocycles. The first-order chi connectivity index (χ1) is 8.19. The molecule has 0 aliphatic carbocycles. The van der Waals surface area contributed by atoms with Gasteiger partial charge in [-0.1, -0.05) is 18.5 Å². The third kappa shape index (κ3) is 4.24. The summed E-state index contributed by atoms with van der Waals surface area (Å²) in [4.78, 5) is 8.71. The Kier molecular flexibility index (Phi) is 5.79. The summed E-state index contributed by atoms with van der Waals surface area (Å²) in [6.45, 7) is 4.82. The van der Waals surface area contributed by atoms with E-state index in [2.05, 4.69) is 28.1 Å². The highest BCUT2D eigenvalue weighted by molar-refractivity contribution is 6.30. The number of terminal acetylenes is 1. The van der Waals surface area contributed by atoms with Crippen molar-refractivity contribution < 1.29 is 0 Å². The average Bonchev–Trinajstić information content (AvgIpc) is 2.31. The number of halogens is 1. The third-order valence-corrected chi connectivity index (χ3v) is 2.76. The second-order valence-corrected chi connectivity index (χ2v) is 4.25. The van der Waals surface area contributed by atoms with Crippen LogP contribution in [0.15, 0.2) is 0 Å². The lowest BCUT2D eigenvalue weighted by Gasteiger charge is -2.10. The zero-order chi connectivity index (χ0) is 12.7. The summed E-state index contributed by atoms with van der Waals surface area (Å²) in [6.07, 6.45) is 8.76. The predicted molar refractivity (Wildman–Crippen MR) is 72.3 cm³/mol. The molecule has 0 atom stereocenters. The van der Waals surface area contributed by atoms with Gasteiger partial charge in [-0.15, -0.1) is 12.3 Å². The van der Waals surface area contributed by atoms with Crippen molar-refractivity contribution in [1.82, 2.24) is 9.97 Å². The fourth-order valence-corrected chi connectivity index (χ4v) is 1.62. The van der Waals surface area contributed by atoms with Crippen LogP contribution in [0.4, 0.5) is 5.82 Å². The van der Waals surface area contributed by atoms with E-state index >= 15 is 0 Å². The van der Waals surface area contributed by atoms with Gasteiger partial charge in [-0.3, -0.25) is 0 Å². The molecule has 0 spiro atoms. The SMILES string of the molecule is C#CCCCNc1nc(CCC)nc(Cl)c1C. The van der Waals surface area contributed by atoms with Gasteiger partial charge >= 0.3 is 0 Å². The number of nitrogens with one attached hydrogen (secondary N) is 1. The van der Waals surface area contributed by atoms with Gasteiger partial charge in [0.05, 0.1) is 0 Å². The number of aromatic nitrogens is 2. The van der Waals surface area contributed by atoms with Crippen molar-refractivity contribution in [2.45, 2.75) is 39.5 Å². The van der Waals surface area contributed by atoms with Gasteiger partial charge < -0.3 is 5.32 Å². The van der Waals surface area contributed by atoms with Crippen LogP contribution in [0.5, 0.6) is 0 Å². The molecule has 0 unspecified atom stereocenters. The van der Waals surface area contributed by atoms with Gasteiger partial charge in [-0.05, 0) is 19.8 Å². The minimum Gasteiger partial charge on any atom is -0.370 e. The summed E-state index contributed by atoms with van der Waals surface area (Å²) in [5.74, 6) is 4.23. The Hall–Kier alpha value is -1.27. The Morgan fingerprint density at radius 2 is 2.18 bits per heavy atom. The molecular weight excluding hydrogens is 234 g/mol. The van der Waals surface area contributed by atoms with Crippen molar-refractivity contribution in [2.24, 2.45) is 0 Å². The van der Waals surface area contributed by atoms with Gasteiger partial charge in [0.25, 0.3) is 0 Å². The van der Waals surface area contributed by atoms with Crippen LogP contribution in [0.2, 0.25) is 5.15 Å². The Bertz CT molecular complexity index is 410. The second kappa shape index (κ2) is 7.13. The molecular formula is C13H18ClN3. The lowest BCUT2D eigenvalue weighted by atomic mass is 10.2. The molecule has 0 aliphatic rings. The molecule has 0 radical (unpaired) electrons. The highest BCUT2D eigenvalue weighted by atomic mass is 35.5. The van der Waals surface area contributed by atoms with E-state index in [9.17, 15) is 0 Å². The molecule has 0 saturated carbocycles. The first kappa shape index (κ1) is 13.8. The maximum absolute atomic E-state index is 6.07. The minimum absolute atomic E-state index is 0.530. The number of rotatable bonds is 6. The van der Waals surface area contributed by atoms with Gasteiger partial charge in [0.15, 0.2) is 0 Å². The molecule has 0 amide bonds. The monoisotopic (exact) mass is 251 g/mol. The number of hydrogen-bond acceptors (Lipinski definition) is 3. The first-order valence-electron chi connectivity index (χ1n) is 5.89. The van der Waals surface area contributed by atoms with E-state index in [0.29, 0.717) is 5.15 Å². The number of hydrogen-bond donors (Lipinski definition) is 1. The maximum atomic E-state index is 6.07. The zero-order valence-corrected chi connectivity index (χ0v) is 11.1. The molecule has 0 saturated heterocycles. The zero-order valence-electron chi connectivity index (χ0n) is 10.4. The van der Waals surface area contributed by atoms with Crippen LogP contribution in [-0.4, -0.2) is 16.5 Å². The van der Waals surface area contributed by atoms with E-state index in [4.69, 9.17) is 18.0 Å². The Morgan fingerprint density at radius 3 is 2.82 bits per heavy atom. The highest BCUT2D eigenvalue weighted by Gasteiger charge is 2.08. The molecule has 1 aromatic rings. The van der Waals surface area contributed by atoms with Gasteiger partial charge in [-0.2, -0.15) is 0 Å². The molecule has 1 N–H and O–H groups in total. The smallest absolute Gasteiger partial charge is 0.137 e. The Morgan fingerprint density at radius 1 is 1.41 bits per heavy atom. The Labute approximate surface area is 108 Å². The molecule has 0 aliphatic heterocycles. The van der Waals surface area contributed by atoms with E-state index in [1.807, 2.05) is 6.92 Å². The molecule has 17 heavy (non-hydrogen) atoms. The summed E-state index contributed by atoms with van der Waals surface area (Å²) in [7, 11) is 0. The lowest BCUT2D eigenvalue weighted by Crippen LogP contribution is -2.08. The molecule has 92 valence electrons. The predicted octanol–water partition coefficient (Wildman–Crippen LogP) is 3.22. The van der Waals surface area contributed by atoms with Crippen LogP contribution in [0.3, 0.4) is 0 Å². The summed E-state index contributed by atoms with van der Waals surface area (Å²) >= 11 is 6.07. The van der Waals surface area contributed by atoms with Crippen LogP contribution < -0.4 is 5.32 Å². The normalized spacial score (nSPS) is 10.0. The van der Waals surface area contributed by atoms with Crippen LogP contribution in [-0.2, 0) is 6.42 Å². The molecule has 3 nitrogen and oxygen atoms in total. The molecule has 0 bridgehead atoms. The summed E-state index contributed by atoms with van der Waals surface area (Å²) in [6, 6.07) is 0. The molecule has 1 rings (SSSR count). The van der Waals surface area contributed by atoms with E-state index in [0.717, 1.165) is 49.4 Å². The quantitative estimate of drug-likeness (QED) is 0.479. The van der Waals surface area contributed by atoms with Gasteiger partial charge in [0.2, 0.25) is 0 Å². The van der Waals surface area contributed by atoms with E-state index in [-0.39, 0.29) is 0 Å². The lowest BCUT2D eigenvalue weighted by molar-refractivity contribution is 0.825. The topological polar surface area (TPSA) is 37.8 Å². The number of nitrogens with zero attached hydrogens (tertiary/aromatic N) is 2. The average molecular weight is 252 g/mol. The second-order valence-electron chi connectivity index (χ2n) is 3.89. The van der Waals surface area contributed by atoms with E-state index < -0.39 is 0 Å². The van der Waals surface area contributed by atoms with E-state index in [1.54, 1.807) is 0 Å². The summed E-state index contributed by atoms with van der Waals surface area (Å²) in [5, 5.41) is 3.79. The molecule has 4 heteroatoms. The Balaban J connectivity index is 2.72. The largest absolute Gasteiger partial charge is 0.370 e. The summed E-state index contributed by atoms with van der Waals surface area (Å²) < 4.78 is 0. The van der Waals surface area contributed by atoms with Crippen molar-refractivity contribution >= 4 is 17.4 Å². The van der Waals surface area contributed by atoms with Crippen molar-refractivity contribution in [2.75, 3.05) is 11.9 Å². The number of anilines is 1. The number of aryl methyl sites for hydroxylation is 1. The minimum atomic E-state index is 0.530. The van der Waals surface area contributed by atoms with Crippen LogP contribution in [0, 0.1) is 19.3 Å². The molecule has 1 heterocycles. The van der Waals surface area contributed by atoms with Crippen molar-refractivity contribution in [3.05, 3.63) is 16.5 Å². The van der Waals surface area contributed by atoms with E-state index in [1.165, 1.54) is 0 Å². The van der Waals surface area contributed by atoms with Crippen molar-refractivity contribution in [3.63, 3.8) is 0 Å². The fourth-order valence-electron chi connectivity index (χ4n) is 1.44. The van der Waals surface area contributed by atoms with Crippen LogP contribution in [0.1, 0.15) is 37.6 Å². The third-order valence-electron chi connectivity index (χ3n) is 2.40. The number of unbranched alkanes of at least 4 members (excludes halogenated alkanes) is 1. The van der Waals surface area contributed by atoms with Crippen LogP contribution in [0.25, 0.3) is 0 Å². The maximum Gasteiger partial charge on any atom is 0.137 e. The van der Waals surface area contributed by atoms with Crippen molar-refractivity contribution in [1.29, 1.82) is 0 Å². The van der Waals surface area contributed by atoms with Gasteiger partial charge in [0.1, 0.15) is 16.8 Å². The van der Waals surface area contributed by atoms with Gasteiger partial charge in [-0.25, -0.2) is 9.97 Å². The van der Waals surface area contributed by atoms with Crippen LogP contribution >= 0.6 is 11.6 Å². The highest BCUT2D eigenvalue weighted by Crippen LogP contribution is 2.20. The first-order valence-corrected chi connectivity index (χ1v) is 6.27. The van der Waals surface area contributed by atoms with Gasteiger partial charge in [0, 0.05) is 24.9 Å². The van der Waals surface area contributed by atoms with Crippen molar-refractivity contribution in [3.8, 4) is 12.3 Å². The standard InChI is InChI=1S/C13H18ClN3/c1-4-6-7-9-15-13-10(3)12(14)16-11(17-13)8-5-2/h1H,5-9H2,2-3H3,(H,15,16,17). The molecule has 0 fully saturated rings. The summed E-state index contributed by atoms with van der Waals surface area (Å²) in [5.41, 5.74) is 0.896. The molecule has 1 aromatic heterocycles.